The number of nitrogens with one attached hydrogen (secondary N) is 1. The zero-order chi connectivity index (χ0) is 28.0. The molecule has 39 heavy (non-hydrogen) atoms. The lowest BCUT2D eigenvalue weighted by Gasteiger charge is -2.65. The van der Waals surface area contributed by atoms with E-state index >= 15 is 0 Å². The molecular weight excluding hydrogens is 550 g/mol. The molecule has 0 spiro atoms. The summed E-state index contributed by atoms with van der Waals surface area (Å²) in [5, 5.41) is 25.1. The second kappa shape index (κ2) is 9.05. The van der Waals surface area contributed by atoms with Crippen molar-refractivity contribution in [3.8, 4) is 0 Å². The Bertz CT molecular complexity index is 1420. The van der Waals surface area contributed by atoms with Crippen LogP contribution in [0.4, 0.5) is 5.82 Å². The van der Waals surface area contributed by atoms with Crippen LogP contribution >= 0.6 is 11.6 Å². The number of nitrogens with zero attached hydrogens (tertiary/aromatic N) is 4. The zero-order valence-electron chi connectivity index (χ0n) is 21.9. The van der Waals surface area contributed by atoms with Crippen LogP contribution in [0, 0.1) is 16.7 Å². The lowest BCUT2D eigenvalue weighted by molar-refractivity contribution is -0.118. The first kappa shape index (κ1) is 27.3. The smallest absolute Gasteiger partial charge is 0.272 e. The van der Waals surface area contributed by atoms with Crippen LogP contribution in [0.15, 0.2) is 6.33 Å². The fourth-order valence-electron chi connectivity index (χ4n) is 8.78. The molecule has 2 aromatic heterocycles. The summed E-state index contributed by atoms with van der Waals surface area (Å²) in [5.41, 5.74) is 1.26. The number of carbonyl (C=O) groups is 1. The Hall–Kier alpha value is -1.90. The van der Waals surface area contributed by atoms with Gasteiger partial charge in [0.05, 0.1) is 12.4 Å². The molecule has 0 aromatic carbocycles. The monoisotopic (exact) mass is 583 g/mol. The average Bonchev–Trinajstić information content (AvgIpc) is 3.29. The van der Waals surface area contributed by atoms with E-state index in [0.29, 0.717) is 22.9 Å². The second-order valence-electron chi connectivity index (χ2n) is 13.1. The molecule has 4 N–H and O–H groups in total. The van der Waals surface area contributed by atoms with Crippen LogP contribution in [-0.4, -0.2) is 78.1 Å². The van der Waals surface area contributed by atoms with Gasteiger partial charge in [0, 0.05) is 12.0 Å². The summed E-state index contributed by atoms with van der Waals surface area (Å²) in [6.45, 7) is 4.78. The Balaban J connectivity index is 1.25. The molecule has 214 valence electrons. The number of ether oxygens (including phenoxy) is 1. The summed E-state index contributed by atoms with van der Waals surface area (Å²) in [6.07, 6.45) is 3.34. The quantitative estimate of drug-likeness (QED) is 0.265. The Morgan fingerprint density at radius 3 is 2.49 bits per heavy atom. The number of carbonyl (C=O) groups excluding carboxylic acids is 1. The Morgan fingerprint density at radius 1 is 1.15 bits per heavy atom. The third-order valence-electron chi connectivity index (χ3n) is 9.07. The third-order valence-corrected chi connectivity index (χ3v) is 9.92. The van der Waals surface area contributed by atoms with Crippen LogP contribution in [0.2, 0.25) is 5.28 Å². The van der Waals surface area contributed by atoms with Crippen LogP contribution in [0.25, 0.3) is 11.2 Å². The molecule has 4 saturated carbocycles. The predicted molar refractivity (Wildman–Crippen MR) is 141 cm³/mol. The maximum Gasteiger partial charge on any atom is 0.272 e. The highest BCUT2D eigenvalue weighted by atomic mass is 35.5. The van der Waals surface area contributed by atoms with E-state index in [1.807, 2.05) is 0 Å². The van der Waals surface area contributed by atoms with E-state index in [9.17, 15) is 23.4 Å². The van der Waals surface area contributed by atoms with Crippen molar-refractivity contribution in [1.82, 2.24) is 19.5 Å². The summed E-state index contributed by atoms with van der Waals surface area (Å²) in [4.78, 5) is 25.3. The van der Waals surface area contributed by atoms with Crippen LogP contribution in [0.3, 0.4) is 0 Å². The third kappa shape index (κ3) is 5.06. The van der Waals surface area contributed by atoms with Gasteiger partial charge in [-0.1, -0.05) is 13.8 Å². The van der Waals surface area contributed by atoms with Gasteiger partial charge in [-0.3, -0.25) is 13.9 Å². The molecule has 3 heterocycles. The normalized spacial score (nSPS) is 39.5. The van der Waals surface area contributed by atoms with Gasteiger partial charge in [-0.05, 0) is 73.3 Å². The van der Waals surface area contributed by atoms with Crippen molar-refractivity contribution in [2.24, 2.45) is 16.7 Å². The second-order valence-corrected chi connectivity index (χ2v) is 14.8. The maximum absolute atomic E-state index is 11.9. The van der Waals surface area contributed by atoms with Crippen LogP contribution in [0.5, 0.6) is 0 Å². The molecule has 4 aliphatic carbocycles. The van der Waals surface area contributed by atoms with E-state index in [-0.39, 0.29) is 34.5 Å². The number of hydrogen-bond acceptors (Lipinski definition) is 10. The number of rotatable bonds is 8. The Labute approximate surface area is 231 Å². The molecule has 5 fully saturated rings. The van der Waals surface area contributed by atoms with E-state index < -0.39 is 46.2 Å². The average molecular weight is 584 g/mol. The molecule has 14 heteroatoms. The molecule has 5 aliphatic rings. The van der Waals surface area contributed by atoms with Crippen molar-refractivity contribution >= 4 is 44.5 Å². The molecule has 0 amide bonds. The van der Waals surface area contributed by atoms with Gasteiger partial charge in [0.25, 0.3) is 10.1 Å². The number of aliphatic hydroxyl groups excluding tert-OH is 2. The van der Waals surface area contributed by atoms with E-state index in [1.165, 1.54) is 30.2 Å². The first-order valence-electron chi connectivity index (χ1n) is 13.3. The van der Waals surface area contributed by atoms with E-state index in [1.54, 1.807) is 0 Å². The molecule has 8 atom stereocenters. The van der Waals surface area contributed by atoms with Crippen LogP contribution in [0.1, 0.15) is 71.4 Å². The Kier molecular flexibility index (Phi) is 6.33. The van der Waals surface area contributed by atoms with E-state index in [4.69, 9.17) is 20.9 Å². The molecule has 1 saturated heterocycles. The molecule has 1 aliphatic heterocycles. The van der Waals surface area contributed by atoms with Crippen molar-refractivity contribution in [1.29, 1.82) is 0 Å². The summed E-state index contributed by atoms with van der Waals surface area (Å²) in [6, 6.07) is 0. The van der Waals surface area contributed by atoms with Gasteiger partial charge < -0.3 is 20.3 Å². The number of fused-ring (bicyclic) bond motifs is 1. The molecule has 12 nitrogen and oxygen atoms in total. The number of Topliss-reactive ketones (excluding diaryl/α,β-unsaturated/α-hetero) is 1. The molecule has 2 aromatic rings. The van der Waals surface area contributed by atoms with Crippen molar-refractivity contribution in [2.75, 3.05) is 11.1 Å². The number of imidazole rings is 1. The first-order valence-corrected chi connectivity index (χ1v) is 15.3. The van der Waals surface area contributed by atoms with E-state index in [0.717, 1.165) is 19.3 Å². The standard InChI is InChI=1S/C25H34ClN5O7S/c1-23-5-13-6-24(2,9-23)11-25(7-13,10-23)30-19-16-20(29-22(26)28-19)31(12-27-16)21-18(34)17(33)15(38-21)4-3-14(32)8-39(35,36)37/h12-13,15,17-18,21,33-34H,3-11H2,1-2H3,(H,28,29,30)(H,35,36,37)/t13?,15?,17?,18?,21?,23-,24+,25?. The Morgan fingerprint density at radius 2 is 1.85 bits per heavy atom. The lowest BCUT2D eigenvalue weighted by atomic mass is 9.43. The number of halogens is 1. The lowest BCUT2D eigenvalue weighted by Crippen LogP contribution is -2.61. The fraction of sp³-hybridized carbons (Fsp3) is 0.760. The highest BCUT2D eigenvalue weighted by molar-refractivity contribution is 7.86. The van der Waals surface area contributed by atoms with Gasteiger partial charge in [0.15, 0.2) is 23.2 Å². The van der Waals surface area contributed by atoms with Gasteiger partial charge in [0.2, 0.25) is 5.28 Å². The van der Waals surface area contributed by atoms with Gasteiger partial charge in [0.1, 0.15) is 23.7 Å². The van der Waals surface area contributed by atoms with Gasteiger partial charge in [-0.25, -0.2) is 4.98 Å². The van der Waals surface area contributed by atoms with Crippen molar-refractivity contribution in [3.63, 3.8) is 0 Å². The predicted octanol–water partition coefficient (Wildman–Crippen LogP) is 2.50. The molecule has 7 rings (SSSR count). The first-order chi connectivity index (χ1) is 18.2. The number of aromatic nitrogens is 4. The van der Waals surface area contributed by atoms with Crippen molar-refractivity contribution in [3.05, 3.63) is 11.6 Å². The molecular formula is C25H34ClN5O7S. The van der Waals surface area contributed by atoms with Crippen LogP contribution in [-0.2, 0) is 19.6 Å². The number of anilines is 1. The summed E-state index contributed by atoms with van der Waals surface area (Å²) >= 11 is 6.37. The zero-order valence-corrected chi connectivity index (χ0v) is 23.5. The molecule has 6 unspecified atom stereocenters. The highest BCUT2D eigenvalue weighted by Crippen LogP contribution is 2.67. The minimum absolute atomic E-state index is 0.00861. The SMILES string of the molecule is C[C@]12CC3CC(Nc4nc(Cl)nc5c4ncn5C4OC(CCC(=O)CS(=O)(=O)O)C(O)C4O)(C1)C[C@@](C)(C3)C2. The minimum atomic E-state index is -4.44. The summed E-state index contributed by atoms with van der Waals surface area (Å²) in [7, 11) is -4.44. The highest BCUT2D eigenvalue weighted by Gasteiger charge is 2.60. The van der Waals surface area contributed by atoms with Crippen LogP contribution < -0.4 is 5.32 Å². The molecule has 4 bridgehead atoms. The topological polar surface area (TPSA) is 177 Å². The fourth-order valence-corrected chi connectivity index (χ4v) is 9.49. The van der Waals surface area contributed by atoms with Gasteiger partial charge in [-0.15, -0.1) is 0 Å². The van der Waals surface area contributed by atoms with Gasteiger partial charge in [-0.2, -0.15) is 18.4 Å². The summed E-state index contributed by atoms with van der Waals surface area (Å²) < 4.78 is 38.2. The number of hydrogen-bond donors (Lipinski definition) is 4. The maximum atomic E-state index is 11.9. The summed E-state index contributed by atoms with van der Waals surface area (Å²) in [5.74, 6) is -0.543. The number of aliphatic hydroxyl groups is 2. The largest absolute Gasteiger partial charge is 0.388 e. The minimum Gasteiger partial charge on any atom is -0.388 e. The van der Waals surface area contributed by atoms with Gasteiger partial charge >= 0.3 is 0 Å². The molecule has 0 radical (unpaired) electrons. The van der Waals surface area contributed by atoms with E-state index in [2.05, 4.69) is 34.1 Å². The van der Waals surface area contributed by atoms with Crippen molar-refractivity contribution in [2.45, 2.75) is 95.3 Å². The van der Waals surface area contributed by atoms with Crippen molar-refractivity contribution < 1.29 is 32.7 Å². The number of ketones is 1.